The van der Waals surface area contributed by atoms with Gasteiger partial charge in [0, 0.05) is 66.4 Å². The van der Waals surface area contributed by atoms with E-state index in [1.165, 1.54) is 11.3 Å². The van der Waals surface area contributed by atoms with Gasteiger partial charge >= 0.3 is 0 Å². The van der Waals surface area contributed by atoms with Crippen LogP contribution in [0.1, 0.15) is 34.5 Å². The maximum Gasteiger partial charge on any atom is 0.265 e. The molecule has 0 N–H and O–H groups in total. The Hall–Kier alpha value is -3.30. The number of ether oxygens (including phenoxy) is 1. The Kier molecular flexibility index (Phi) is 7.59. The summed E-state index contributed by atoms with van der Waals surface area (Å²) in [5, 5.41) is 3.16. The average Bonchev–Trinajstić information content (AvgIpc) is 3.45. The third kappa shape index (κ3) is 5.24. The fourth-order valence-corrected chi connectivity index (χ4v) is 6.49. The zero-order valence-electron chi connectivity index (χ0n) is 22.7. The van der Waals surface area contributed by atoms with Crippen LogP contribution in [0.15, 0.2) is 58.7 Å². The Morgan fingerprint density at radius 3 is 2.50 bits per heavy atom. The number of benzene rings is 2. The van der Waals surface area contributed by atoms with Crippen molar-refractivity contribution in [3.05, 3.63) is 86.1 Å². The number of rotatable bonds is 6. The molecule has 1 aliphatic carbocycles. The Bertz CT molecular complexity index is 1620. The van der Waals surface area contributed by atoms with E-state index in [-0.39, 0.29) is 11.3 Å². The van der Waals surface area contributed by atoms with E-state index in [4.69, 9.17) is 21.3 Å². The van der Waals surface area contributed by atoms with Crippen molar-refractivity contribution in [2.24, 2.45) is 0 Å². The predicted octanol–water partition coefficient (Wildman–Crippen LogP) is 5.56. The van der Waals surface area contributed by atoms with E-state index in [1.807, 2.05) is 41.8 Å². The molecule has 0 unspecified atom stereocenters. The summed E-state index contributed by atoms with van der Waals surface area (Å²) in [6, 6.07) is 15.2. The van der Waals surface area contributed by atoms with E-state index in [0.29, 0.717) is 51.9 Å². The molecule has 4 aromatic rings. The molecule has 6 rings (SSSR count). The molecular formula is C31H31ClN4O3S. The number of ketones is 1. The molecule has 3 heterocycles. The third-order valence-corrected chi connectivity index (χ3v) is 8.91. The first kappa shape index (κ1) is 26.9. The zero-order valence-corrected chi connectivity index (χ0v) is 24.2. The molecule has 7 nitrogen and oxygen atoms in total. The summed E-state index contributed by atoms with van der Waals surface area (Å²) in [5.41, 5.74) is 5.02. The first-order valence-corrected chi connectivity index (χ1v) is 14.8. The molecule has 0 bridgehead atoms. The zero-order chi connectivity index (χ0) is 27.8. The minimum absolute atomic E-state index is 0.0540. The number of hydrogen-bond donors (Lipinski definition) is 0. The van der Waals surface area contributed by atoms with Crippen molar-refractivity contribution >= 4 is 28.7 Å². The molecule has 0 atom stereocenters. The molecule has 0 radical (unpaired) electrons. The van der Waals surface area contributed by atoms with Crippen LogP contribution in [0, 0.1) is 0 Å². The first-order valence-electron chi connectivity index (χ1n) is 13.5. The lowest BCUT2D eigenvalue weighted by molar-refractivity contribution is 0.0971. The van der Waals surface area contributed by atoms with Gasteiger partial charge in [0.25, 0.3) is 5.56 Å². The maximum absolute atomic E-state index is 14.3. The Morgan fingerprint density at radius 1 is 0.975 bits per heavy atom. The number of hydrogen-bond acceptors (Lipinski definition) is 7. The minimum atomic E-state index is -0.194. The molecule has 1 fully saturated rings. The van der Waals surface area contributed by atoms with Crippen LogP contribution in [0.4, 0.5) is 0 Å². The van der Waals surface area contributed by atoms with Gasteiger partial charge < -0.3 is 9.64 Å². The standard InChI is InChI=1S/C31H31ClN4O3S/c1-34-12-14-35(15-13-34)18-20-6-11-29(39-2)27(16-20)36-26-4-3-5-28(37)23(26)17-24(31(36)38)30-33-25(19-40-30)21-7-9-22(32)10-8-21/h6-11,16-17,19H,3-5,12-15,18H2,1-2H3. The van der Waals surface area contributed by atoms with E-state index >= 15 is 0 Å². The quantitative estimate of drug-likeness (QED) is 0.300. The van der Waals surface area contributed by atoms with Gasteiger partial charge in [-0.1, -0.05) is 29.8 Å². The van der Waals surface area contributed by atoms with E-state index in [0.717, 1.165) is 55.2 Å². The van der Waals surface area contributed by atoms with Crippen molar-refractivity contribution in [1.82, 2.24) is 19.4 Å². The largest absolute Gasteiger partial charge is 0.495 e. The number of piperazine rings is 1. The molecular weight excluding hydrogens is 544 g/mol. The van der Waals surface area contributed by atoms with Gasteiger partial charge in [0.05, 0.1) is 24.1 Å². The highest BCUT2D eigenvalue weighted by Crippen LogP contribution is 2.33. The molecule has 40 heavy (non-hydrogen) atoms. The van der Waals surface area contributed by atoms with Crippen molar-refractivity contribution in [2.45, 2.75) is 25.8 Å². The topological polar surface area (TPSA) is 67.7 Å². The maximum atomic E-state index is 14.3. The van der Waals surface area contributed by atoms with Crippen LogP contribution in [0.5, 0.6) is 5.75 Å². The van der Waals surface area contributed by atoms with Gasteiger partial charge in [-0.2, -0.15) is 0 Å². The number of halogens is 1. The second-order valence-electron chi connectivity index (χ2n) is 10.5. The molecule has 206 valence electrons. The van der Waals surface area contributed by atoms with Gasteiger partial charge in [-0.3, -0.25) is 19.1 Å². The van der Waals surface area contributed by atoms with Crippen molar-refractivity contribution in [3.8, 4) is 33.3 Å². The van der Waals surface area contributed by atoms with Gasteiger partial charge in [0.1, 0.15) is 10.8 Å². The number of pyridine rings is 1. The number of fused-ring (bicyclic) bond motifs is 1. The molecule has 1 aliphatic heterocycles. The predicted molar refractivity (Wildman–Crippen MR) is 160 cm³/mol. The van der Waals surface area contributed by atoms with E-state index < -0.39 is 0 Å². The number of carbonyl (C=O) groups is 1. The van der Waals surface area contributed by atoms with Crippen LogP contribution in [0.2, 0.25) is 5.02 Å². The van der Waals surface area contributed by atoms with Crippen LogP contribution in [-0.2, 0) is 13.0 Å². The normalized spacial score (nSPS) is 16.2. The summed E-state index contributed by atoms with van der Waals surface area (Å²) in [5.74, 6) is 0.654. The van der Waals surface area contributed by atoms with E-state index in [2.05, 4.69) is 22.9 Å². The number of nitrogens with zero attached hydrogens (tertiary/aromatic N) is 4. The number of Topliss-reactive ketones (excluding diaryl/α,β-unsaturated/α-hetero) is 1. The summed E-state index contributed by atoms with van der Waals surface area (Å²) in [6.45, 7) is 4.85. The molecule has 0 spiro atoms. The highest BCUT2D eigenvalue weighted by Gasteiger charge is 2.27. The lowest BCUT2D eigenvalue weighted by Gasteiger charge is -2.32. The number of thiazole rings is 1. The lowest BCUT2D eigenvalue weighted by atomic mass is 9.92. The van der Waals surface area contributed by atoms with E-state index in [9.17, 15) is 9.59 Å². The fourth-order valence-electron chi connectivity index (χ4n) is 5.52. The second kappa shape index (κ2) is 11.3. The highest BCUT2D eigenvalue weighted by molar-refractivity contribution is 7.13. The van der Waals surface area contributed by atoms with Gasteiger partial charge in [0.2, 0.25) is 0 Å². The van der Waals surface area contributed by atoms with Crippen molar-refractivity contribution in [3.63, 3.8) is 0 Å². The van der Waals surface area contributed by atoms with E-state index in [1.54, 1.807) is 17.7 Å². The molecule has 1 saturated heterocycles. The summed E-state index contributed by atoms with van der Waals surface area (Å²) in [7, 11) is 3.76. The average molecular weight is 575 g/mol. The molecule has 2 aromatic heterocycles. The number of methoxy groups -OCH3 is 1. The smallest absolute Gasteiger partial charge is 0.265 e. The van der Waals surface area contributed by atoms with Crippen LogP contribution in [-0.4, -0.2) is 65.5 Å². The molecule has 2 aliphatic rings. The number of carbonyl (C=O) groups excluding carboxylic acids is 1. The van der Waals surface area contributed by atoms with Gasteiger partial charge in [-0.05, 0) is 55.8 Å². The van der Waals surface area contributed by atoms with Crippen LogP contribution in [0.3, 0.4) is 0 Å². The Balaban J connectivity index is 1.47. The van der Waals surface area contributed by atoms with Crippen molar-refractivity contribution in [2.75, 3.05) is 40.3 Å². The fraction of sp³-hybridized carbons (Fsp3) is 0.323. The van der Waals surface area contributed by atoms with Crippen LogP contribution in [0.25, 0.3) is 27.5 Å². The number of aromatic nitrogens is 2. The summed E-state index contributed by atoms with van der Waals surface area (Å²) >= 11 is 7.46. The molecule has 0 amide bonds. The molecule has 9 heteroatoms. The first-order chi connectivity index (χ1) is 19.4. The van der Waals surface area contributed by atoms with Gasteiger partial charge in [0.15, 0.2) is 5.78 Å². The lowest BCUT2D eigenvalue weighted by Crippen LogP contribution is -2.43. The summed E-state index contributed by atoms with van der Waals surface area (Å²) in [6.07, 6.45) is 1.83. The van der Waals surface area contributed by atoms with Crippen LogP contribution >= 0.6 is 22.9 Å². The SMILES string of the molecule is COc1ccc(CN2CCN(C)CC2)cc1-n1c2c(cc(-c3nc(-c4ccc(Cl)cc4)cs3)c1=O)C(=O)CCC2. The highest BCUT2D eigenvalue weighted by atomic mass is 35.5. The second-order valence-corrected chi connectivity index (χ2v) is 11.8. The Morgan fingerprint density at radius 2 is 1.75 bits per heavy atom. The summed E-state index contributed by atoms with van der Waals surface area (Å²) in [4.78, 5) is 37.0. The van der Waals surface area contributed by atoms with Crippen LogP contribution < -0.4 is 10.3 Å². The third-order valence-electron chi connectivity index (χ3n) is 7.78. The molecule has 0 saturated carbocycles. The number of likely N-dealkylation sites (N-methyl/N-ethyl adjacent to an activating group) is 1. The Labute approximate surface area is 242 Å². The van der Waals surface area contributed by atoms with Crippen molar-refractivity contribution in [1.29, 1.82) is 0 Å². The van der Waals surface area contributed by atoms with Crippen molar-refractivity contribution < 1.29 is 9.53 Å². The van der Waals surface area contributed by atoms with Gasteiger partial charge in [-0.25, -0.2) is 4.98 Å². The minimum Gasteiger partial charge on any atom is -0.495 e. The van der Waals surface area contributed by atoms with Gasteiger partial charge in [-0.15, -0.1) is 11.3 Å². The molecule has 2 aromatic carbocycles. The monoisotopic (exact) mass is 574 g/mol. The summed E-state index contributed by atoms with van der Waals surface area (Å²) < 4.78 is 7.47.